The summed E-state index contributed by atoms with van der Waals surface area (Å²) in [5.41, 5.74) is 3.41. The van der Waals surface area contributed by atoms with Crippen LogP contribution in [0.3, 0.4) is 0 Å². The highest BCUT2D eigenvalue weighted by atomic mass is 19.1. The van der Waals surface area contributed by atoms with Crippen molar-refractivity contribution in [1.29, 1.82) is 0 Å². The van der Waals surface area contributed by atoms with E-state index in [9.17, 15) is 9.59 Å². The Morgan fingerprint density at radius 2 is 1.88 bits per heavy atom. The van der Waals surface area contributed by atoms with Crippen LogP contribution in [0.15, 0.2) is 65.0 Å². The Labute approximate surface area is 237 Å². The first-order chi connectivity index (χ1) is 19.3. The monoisotopic (exact) mass is 547 g/mol. The minimum atomic E-state index is -0.937. The maximum Gasteiger partial charge on any atom is 0.233 e. The average Bonchev–Trinajstić information content (AvgIpc) is 3.26. The number of halogens is 1. The molecule has 1 aliphatic carbocycles. The number of nitrogens with one attached hydrogen (secondary N) is 3. The molecule has 1 aromatic carbocycles. The number of anilines is 2. The predicted molar refractivity (Wildman–Crippen MR) is 159 cm³/mol. The van der Waals surface area contributed by atoms with Crippen LogP contribution in [0.5, 0.6) is 0 Å². The molecule has 3 N–H and O–H groups in total. The molecule has 4 aliphatic rings. The molecule has 0 radical (unpaired) electrons. The molecule has 0 spiro atoms. The lowest BCUT2D eigenvalue weighted by molar-refractivity contribution is -0.139. The molecule has 0 bridgehead atoms. The number of carbonyl (C=O) groups is 2. The molecule has 3 heterocycles. The minimum absolute atomic E-state index is 0.0801. The lowest BCUT2D eigenvalue weighted by Crippen LogP contribution is -2.51. The van der Waals surface area contributed by atoms with Crippen molar-refractivity contribution < 1.29 is 14.0 Å². The zero-order valence-corrected chi connectivity index (χ0v) is 23.8. The van der Waals surface area contributed by atoms with E-state index in [1.807, 2.05) is 35.2 Å². The summed E-state index contributed by atoms with van der Waals surface area (Å²) >= 11 is 0. The fraction of sp³-hybridized carbons (Fsp3) is 0.531. The Hall–Kier alpha value is -3.42. The molecule has 0 aromatic heterocycles. The largest absolute Gasteiger partial charge is 0.382 e. The second-order valence-corrected chi connectivity index (χ2v) is 11.9. The van der Waals surface area contributed by atoms with E-state index >= 15 is 4.39 Å². The van der Waals surface area contributed by atoms with Gasteiger partial charge in [-0.1, -0.05) is 25.5 Å². The van der Waals surface area contributed by atoms with Gasteiger partial charge in [0.05, 0.1) is 5.92 Å². The highest BCUT2D eigenvalue weighted by Gasteiger charge is 2.40. The molecule has 1 saturated heterocycles. The van der Waals surface area contributed by atoms with E-state index in [1.54, 1.807) is 6.20 Å². The summed E-state index contributed by atoms with van der Waals surface area (Å²) in [4.78, 5) is 32.0. The molecule has 7 nitrogen and oxygen atoms in total. The number of likely N-dealkylation sites (tertiary alicyclic amines) is 1. The first kappa shape index (κ1) is 28.1. The Bertz CT molecular complexity index is 1220. The van der Waals surface area contributed by atoms with Crippen molar-refractivity contribution in [3.05, 3.63) is 60.0 Å². The third-order valence-electron chi connectivity index (χ3n) is 8.76. The maximum atomic E-state index is 15.4. The van der Waals surface area contributed by atoms with E-state index in [1.165, 1.54) is 6.92 Å². The van der Waals surface area contributed by atoms with E-state index in [0.717, 1.165) is 68.6 Å². The van der Waals surface area contributed by atoms with Crippen LogP contribution < -0.4 is 16.0 Å². The molecule has 6 atom stereocenters. The van der Waals surface area contributed by atoms with Crippen LogP contribution in [-0.4, -0.2) is 47.9 Å². The van der Waals surface area contributed by atoms with Gasteiger partial charge in [0.15, 0.2) is 0 Å². The number of rotatable bonds is 7. The summed E-state index contributed by atoms with van der Waals surface area (Å²) in [6.45, 7) is 7.36. The molecule has 214 valence electrons. The van der Waals surface area contributed by atoms with Crippen molar-refractivity contribution >= 4 is 29.0 Å². The minimum Gasteiger partial charge on any atom is -0.382 e. The van der Waals surface area contributed by atoms with Crippen LogP contribution in [-0.2, 0) is 9.59 Å². The smallest absolute Gasteiger partial charge is 0.233 e. The van der Waals surface area contributed by atoms with Gasteiger partial charge in [0.2, 0.25) is 11.8 Å². The van der Waals surface area contributed by atoms with Gasteiger partial charge in [-0.25, -0.2) is 9.38 Å². The first-order valence-corrected chi connectivity index (χ1v) is 14.8. The number of hydrogen-bond acceptors (Lipinski definition) is 5. The van der Waals surface area contributed by atoms with Crippen molar-refractivity contribution in [3.8, 4) is 0 Å². The summed E-state index contributed by atoms with van der Waals surface area (Å²) in [6, 6.07) is 7.73. The SMILES string of the molecule is CC(=O)Nc1ccc(NC2=N/C=C/CC(C)C(CCCC3C=CC4=C(CC(C)N4)C3F)C2C(=O)N2CCC2)cc1. The van der Waals surface area contributed by atoms with Crippen LogP contribution in [0.1, 0.15) is 59.3 Å². The van der Waals surface area contributed by atoms with Gasteiger partial charge in [-0.3, -0.25) is 9.59 Å². The van der Waals surface area contributed by atoms with Crippen LogP contribution in [0.4, 0.5) is 15.8 Å². The van der Waals surface area contributed by atoms with Crippen molar-refractivity contribution in [2.24, 2.45) is 28.7 Å². The van der Waals surface area contributed by atoms with Gasteiger partial charge in [0.1, 0.15) is 12.0 Å². The molecule has 0 saturated carbocycles. The van der Waals surface area contributed by atoms with E-state index in [-0.39, 0.29) is 35.6 Å². The Balaban J connectivity index is 1.32. The normalized spacial score (nSPS) is 30.3. The molecule has 8 heteroatoms. The van der Waals surface area contributed by atoms with E-state index < -0.39 is 12.1 Å². The average molecular weight is 548 g/mol. The number of aliphatic imine (C=N–C) groups is 1. The molecule has 40 heavy (non-hydrogen) atoms. The van der Waals surface area contributed by atoms with Crippen LogP contribution in [0.2, 0.25) is 0 Å². The van der Waals surface area contributed by atoms with Crippen molar-refractivity contribution in [2.45, 2.75) is 71.5 Å². The van der Waals surface area contributed by atoms with Gasteiger partial charge in [-0.05, 0) is 86.8 Å². The number of amidine groups is 1. The number of hydrogen-bond donors (Lipinski definition) is 3. The lowest BCUT2D eigenvalue weighted by atomic mass is 9.74. The van der Waals surface area contributed by atoms with Gasteiger partial charge in [0.25, 0.3) is 0 Å². The van der Waals surface area contributed by atoms with E-state index in [4.69, 9.17) is 4.99 Å². The summed E-state index contributed by atoms with van der Waals surface area (Å²) in [5.74, 6) is 0.497. The van der Waals surface area contributed by atoms with Crippen LogP contribution in [0.25, 0.3) is 0 Å². The molecule has 3 aliphatic heterocycles. The molecular weight excluding hydrogens is 505 g/mol. The molecule has 2 amide bonds. The Morgan fingerprint density at radius 3 is 2.58 bits per heavy atom. The molecular formula is C32H42FN5O2. The van der Waals surface area contributed by atoms with Gasteiger partial charge in [0, 0.05) is 55.2 Å². The van der Waals surface area contributed by atoms with E-state index in [2.05, 4.69) is 41.9 Å². The summed E-state index contributed by atoms with van der Waals surface area (Å²) < 4.78 is 15.4. The zero-order valence-electron chi connectivity index (χ0n) is 23.8. The van der Waals surface area contributed by atoms with Crippen LogP contribution >= 0.6 is 0 Å². The molecule has 1 aromatic rings. The number of benzene rings is 1. The summed E-state index contributed by atoms with van der Waals surface area (Å²) in [7, 11) is 0. The fourth-order valence-electron chi connectivity index (χ4n) is 6.45. The van der Waals surface area contributed by atoms with Crippen molar-refractivity contribution in [1.82, 2.24) is 10.2 Å². The highest BCUT2D eigenvalue weighted by molar-refractivity contribution is 6.10. The molecule has 6 unspecified atom stereocenters. The third-order valence-corrected chi connectivity index (χ3v) is 8.76. The number of alkyl halides is 1. The number of carbonyl (C=O) groups excluding carboxylic acids is 2. The standard InChI is InChI=1S/C32H42FN5O2/c1-20-7-5-16-34-31(37-25-13-11-24(12-14-25)36-22(3)39)29(32(40)38-17-6-18-38)26(20)9-4-8-23-10-15-28-27(30(23)33)19-21(2)35-28/h5,10-16,20-21,23,26,29-30,35H,4,6-9,17-19H2,1-3H3,(H,34,37)(H,36,39)/b16-5+. The van der Waals surface area contributed by atoms with Crippen molar-refractivity contribution in [3.63, 3.8) is 0 Å². The number of amides is 2. The van der Waals surface area contributed by atoms with Gasteiger partial charge in [-0.15, -0.1) is 0 Å². The topological polar surface area (TPSA) is 85.8 Å². The fourth-order valence-corrected chi connectivity index (χ4v) is 6.45. The number of allylic oxidation sites excluding steroid dienone is 3. The molecule has 1 fully saturated rings. The lowest BCUT2D eigenvalue weighted by Gasteiger charge is -2.39. The Morgan fingerprint density at radius 1 is 1.12 bits per heavy atom. The van der Waals surface area contributed by atoms with E-state index in [0.29, 0.717) is 11.5 Å². The summed E-state index contributed by atoms with van der Waals surface area (Å²) in [5, 5.41) is 9.60. The quantitative estimate of drug-likeness (QED) is 0.403. The first-order valence-electron chi connectivity index (χ1n) is 14.8. The number of nitrogens with zero attached hydrogens (tertiary/aromatic N) is 2. The van der Waals surface area contributed by atoms with Crippen molar-refractivity contribution in [2.75, 3.05) is 23.7 Å². The van der Waals surface area contributed by atoms with Gasteiger partial charge in [-0.2, -0.15) is 0 Å². The maximum absolute atomic E-state index is 15.4. The zero-order chi connectivity index (χ0) is 28.2. The van der Waals surface area contributed by atoms with Crippen LogP contribution in [0, 0.1) is 23.7 Å². The second kappa shape index (κ2) is 12.4. The summed E-state index contributed by atoms with van der Waals surface area (Å²) in [6.07, 6.45) is 12.1. The molecule has 5 rings (SSSR count). The third kappa shape index (κ3) is 6.31. The van der Waals surface area contributed by atoms with Gasteiger partial charge < -0.3 is 20.9 Å². The second-order valence-electron chi connectivity index (χ2n) is 11.9. The Kier molecular flexibility index (Phi) is 8.72. The highest BCUT2D eigenvalue weighted by Crippen LogP contribution is 2.38. The predicted octanol–water partition coefficient (Wildman–Crippen LogP) is 5.80. The van der Waals surface area contributed by atoms with Gasteiger partial charge >= 0.3 is 0 Å².